The van der Waals surface area contributed by atoms with Crippen LogP contribution in [-0.2, 0) is 9.47 Å². The molecule has 1 spiro atoms. The summed E-state index contributed by atoms with van der Waals surface area (Å²) in [6, 6.07) is 4.12. The first-order valence-corrected chi connectivity index (χ1v) is 7.41. The zero-order chi connectivity index (χ0) is 14.2. The standard InChI is InChI=1S/C14H15BrFNO3/c15-12-3-2-10(16)8-11(12)13(18)17-5-1-4-14(9-17)19-6-7-20-14/h2-3,8H,1,4-7,9H2. The average molecular weight is 344 g/mol. The van der Waals surface area contributed by atoms with Gasteiger partial charge in [-0.25, -0.2) is 4.39 Å². The average Bonchev–Trinajstić information content (AvgIpc) is 2.88. The summed E-state index contributed by atoms with van der Waals surface area (Å²) in [7, 11) is 0. The molecule has 2 saturated heterocycles. The van der Waals surface area contributed by atoms with Gasteiger partial charge in [0.15, 0.2) is 5.79 Å². The number of piperidine rings is 1. The second-order valence-corrected chi connectivity index (χ2v) is 5.92. The molecule has 0 N–H and O–H groups in total. The summed E-state index contributed by atoms with van der Waals surface area (Å²) in [6.07, 6.45) is 1.61. The Morgan fingerprint density at radius 1 is 1.35 bits per heavy atom. The molecule has 1 aromatic carbocycles. The second-order valence-electron chi connectivity index (χ2n) is 5.06. The fourth-order valence-corrected chi connectivity index (χ4v) is 3.14. The largest absolute Gasteiger partial charge is 0.346 e. The van der Waals surface area contributed by atoms with Gasteiger partial charge in [-0.3, -0.25) is 4.79 Å². The Kier molecular flexibility index (Phi) is 3.79. The van der Waals surface area contributed by atoms with E-state index in [9.17, 15) is 9.18 Å². The summed E-state index contributed by atoms with van der Waals surface area (Å²) in [6.45, 7) is 2.16. The van der Waals surface area contributed by atoms with Gasteiger partial charge in [0, 0.05) is 17.4 Å². The van der Waals surface area contributed by atoms with Crippen LogP contribution in [0.1, 0.15) is 23.2 Å². The first kappa shape index (κ1) is 14.0. The summed E-state index contributed by atoms with van der Waals surface area (Å²) in [5.41, 5.74) is 0.333. The maximum Gasteiger partial charge on any atom is 0.255 e. The van der Waals surface area contributed by atoms with Crippen molar-refractivity contribution in [1.29, 1.82) is 0 Å². The Morgan fingerprint density at radius 2 is 2.10 bits per heavy atom. The molecule has 0 aromatic heterocycles. The number of likely N-dealkylation sites (tertiary alicyclic amines) is 1. The van der Waals surface area contributed by atoms with Gasteiger partial charge in [-0.15, -0.1) is 0 Å². The van der Waals surface area contributed by atoms with Crippen LogP contribution in [0.2, 0.25) is 0 Å². The van der Waals surface area contributed by atoms with Gasteiger partial charge >= 0.3 is 0 Å². The van der Waals surface area contributed by atoms with Crippen LogP contribution < -0.4 is 0 Å². The third-order valence-electron chi connectivity index (χ3n) is 3.68. The van der Waals surface area contributed by atoms with Crippen LogP contribution in [0.3, 0.4) is 0 Å². The Labute approximate surface area is 125 Å². The summed E-state index contributed by atoms with van der Waals surface area (Å²) in [4.78, 5) is 14.2. The summed E-state index contributed by atoms with van der Waals surface area (Å²) < 4.78 is 25.2. The van der Waals surface area contributed by atoms with E-state index in [0.717, 1.165) is 12.8 Å². The molecular weight excluding hydrogens is 329 g/mol. The van der Waals surface area contributed by atoms with E-state index in [1.807, 2.05) is 0 Å². The zero-order valence-corrected chi connectivity index (χ0v) is 12.5. The Bertz CT molecular complexity index is 531. The van der Waals surface area contributed by atoms with Crippen molar-refractivity contribution in [2.75, 3.05) is 26.3 Å². The zero-order valence-electron chi connectivity index (χ0n) is 10.9. The van der Waals surface area contributed by atoms with Gasteiger partial charge in [-0.05, 0) is 40.5 Å². The molecule has 1 amide bonds. The van der Waals surface area contributed by atoms with E-state index in [1.54, 1.807) is 11.0 Å². The van der Waals surface area contributed by atoms with Crippen molar-refractivity contribution in [2.24, 2.45) is 0 Å². The number of halogens is 2. The van der Waals surface area contributed by atoms with Gasteiger partial charge in [0.1, 0.15) is 5.82 Å². The monoisotopic (exact) mass is 343 g/mol. The highest BCUT2D eigenvalue weighted by Gasteiger charge is 2.42. The fourth-order valence-electron chi connectivity index (χ4n) is 2.73. The molecule has 0 atom stereocenters. The van der Waals surface area contributed by atoms with E-state index in [1.165, 1.54) is 12.1 Å². The van der Waals surface area contributed by atoms with E-state index in [0.29, 0.717) is 36.3 Å². The van der Waals surface area contributed by atoms with Crippen LogP contribution in [0.25, 0.3) is 0 Å². The van der Waals surface area contributed by atoms with Crippen molar-refractivity contribution in [3.8, 4) is 0 Å². The molecule has 3 rings (SSSR count). The number of hydrogen-bond donors (Lipinski definition) is 0. The number of amides is 1. The van der Waals surface area contributed by atoms with Crippen molar-refractivity contribution in [3.05, 3.63) is 34.1 Å². The van der Waals surface area contributed by atoms with Gasteiger partial charge in [0.2, 0.25) is 0 Å². The number of nitrogens with zero attached hydrogens (tertiary/aromatic N) is 1. The summed E-state index contributed by atoms with van der Waals surface area (Å²) in [5, 5.41) is 0. The van der Waals surface area contributed by atoms with Crippen molar-refractivity contribution in [3.63, 3.8) is 0 Å². The third-order valence-corrected chi connectivity index (χ3v) is 4.37. The second kappa shape index (κ2) is 5.42. The van der Waals surface area contributed by atoms with Crippen molar-refractivity contribution < 1.29 is 18.7 Å². The topological polar surface area (TPSA) is 38.8 Å². The molecule has 2 aliphatic rings. The molecule has 0 saturated carbocycles. The minimum atomic E-state index is -0.659. The van der Waals surface area contributed by atoms with Crippen molar-refractivity contribution >= 4 is 21.8 Å². The van der Waals surface area contributed by atoms with E-state index < -0.39 is 11.6 Å². The minimum absolute atomic E-state index is 0.199. The maximum absolute atomic E-state index is 13.3. The lowest BCUT2D eigenvalue weighted by molar-refractivity contribution is -0.183. The molecule has 1 aromatic rings. The molecule has 2 aliphatic heterocycles. The molecule has 0 bridgehead atoms. The molecule has 6 heteroatoms. The van der Waals surface area contributed by atoms with Crippen LogP contribution in [-0.4, -0.2) is 42.9 Å². The predicted octanol–water partition coefficient (Wildman–Crippen LogP) is 2.57. The van der Waals surface area contributed by atoms with Gasteiger partial charge in [-0.1, -0.05) is 0 Å². The van der Waals surface area contributed by atoms with Gasteiger partial charge < -0.3 is 14.4 Å². The molecule has 4 nitrogen and oxygen atoms in total. The molecule has 2 fully saturated rings. The van der Waals surface area contributed by atoms with E-state index in [4.69, 9.17) is 9.47 Å². The number of hydrogen-bond acceptors (Lipinski definition) is 3. The lowest BCUT2D eigenvalue weighted by Crippen LogP contribution is -2.51. The molecule has 0 unspecified atom stereocenters. The van der Waals surface area contributed by atoms with E-state index in [2.05, 4.69) is 15.9 Å². The molecule has 20 heavy (non-hydrogen) atoms. The SMILES string of the molecule is O=C(c1cc(F)ccc1Br)N1CCCC2(C1)OCCO2. The fraction of sp³-hybridized carbons (Fsp3) is 0.500. The Morgan fingerprint density at radius 3 is 2.85 bits per heavy atom. The molecule has 108 valence electrons. The van der Waals surface area contributed by atoms with E-state index >= 15 is 0 Å². The highest BCUT2D eigenvalue weighted by atomic mass is 79.9. The molecule has 0 radical (unpaired) electrons. The minimum Gasteiger partial charge on any atom is -0.346 e. The number of carbonyl (C=O) groups excluding carboxylic acids is 1. The van der Waals surface area contributed by atoms with Crippen LogP contribution in [0.15, 0.2) is 22.7 Å². The van der Waals surface area contributed by atoms with Gasteiger partial charge in [-0.2, -0.15) is 0 Å². The lowest BCUT2D eigenvalue weighted by atomic mass is 10.0. The summed E-state index contributed by atoms with van der Waals surface area (Å²) in [5.74, 6) is -1.28. The normalized spacial score (nSPS) is 21.4. The van der Waals surface area contributed by atoms with Gasteiger partial charge in [0.25, 0.3) is 5.91 Å². The van der Waals surface area contributed by atoms with Crippen LogP contribution >= 0.6 is 15.9 Å². The quantitative estimate of drug-likeness (QED) is 0.786. The number of rotatable bonds is 1. The van der Waals surface area contributed by atoms with Crippen LogP contribution in [0.4, 0.5) is 4.39 Å². The lowest BCUT2D eigenvalue weighted by Gasteiger charge is -2.38. The first-order chi connectivity index (χ1) is 9.60. The number of ether oxygens (including phenoxy) is 2. The molecule has 2 heterocycles. The van der Waals surface area contributed by atoms with Crippen molar-refractivity contribution in [2.45, 2.75) is 18.6 Å². The predicted molar refractivity (Wildman–Crippen MR) is 73.9 cm³/mol. The number of benzene rings is 1. The Hall–Kier alpha value is -0.980. The molecular formula is C14H15BrFNO3. The highest BCUT2D eigenvalue weighted by molar-refractivity contribution is 9.10. The van der Waals surface area contributed by atoms with Crippen LogP contribution in [0, 0.1) is 5.82 Å². The highest BCUT2D eigenvalue weighted by Crippen LogP contribution is 2.31. The van der Waals surface area contributed by atoms with Crippen LogP contribution in [0.5, 0.6) is 0 Å². The van der Waals surface area contributed by atoms with Crippen molar-refractivity contribution in [1.82, 2.24) is 4.90 Å². The maximum atomic E-state index is 13.3. The summed E-state index contributed by atoms with van der Waals surface area (Å²) >= 11 is 3.30. The third kappa shape index (κ3) is 2.60. The van der Waals surface area contributed by atoms with E-state index in [-0.39, 0.29) is 5.91 Å². The number of carbonyl (C=O) groups is 1. The first-order valence-electron chi connectivity index (χ1n) is 6.62. The Balaban J connectivity index is 1.81. The smallest absolute Gasteiger partial charge is 0.255 e. The molecule has 0 aliphatic carbocycles. The van der Waals surface area contributed by atoms with Gasteiger partial charge in [0.05, 0.1) is 25.3 Å².